The van der Waals surface area contributed by atoms with Gasteiger partial charge >= 0.3 is 0 Å². The number of aryl methyl sites for hydroxylation is 3. The number of carbonyl (C=O) groups excluding carboxylic acids is 1. The van der Waals surface area contributed by atoms with Gasteiger partial charge in [0.15, 0.2) is 10.8 Å². The molecule has 0 saturated heterocycles. The lowest BCUT2D eigenvalue weighted by Crippen LogP contribution is -2.39. The topological polar surface area (TPSA) is 54.3 Å². The second-order valence-electron chi connectivity index (χ2n) is 6.97. The first-order chi connectivity index (χ1) is 13.5. The quantitative estimate of drug-likeness (QED) is 0.572. The number of likely N-dealkylation sites (N-methyl/N-ethyl adjacent to an activating group) is 1. The summed E-state index contributed by atoms with van der Waals surface area (Å²) in [5.41, 5.74) is 3.81. The smallest absolute Gasteiger partial charge is 0.280 e. The molecule has 6 nitrogen and oxygen atoms in total. The molecule has 0 radical (unpaired) electrons. The van der Waals surface area contributed by atoms with E-state index < -0.39 is 0 Å². The summed E-state index contributed by atoms with van der Waals surface area (Å²) >= 11 is 1.58. The number of fused-ring (bicyclic) bond motifs is 1. The Hall–Kier alpha value is -2.25. The number of anilines is 1. The summed E-state index contributed by atoms with van der Waals surface area (Å²) in [7, 11) is 0. The molecule has 2 aromatic heterocycles. The van der Waals surface area contributed by atoms with E-state index in [2.05, 4.69) is 49.8 Å². The van der Waals surface area contributed by atoms with Crippen molar-refractivity contribution >= 4 is 32.6 Å². The van der Waals surface area contributed by atoms with Crippen molar-refractivity contribution in [3.05, 3.63) is 41.2 Å². The van der Waals surface area contributed by atoms with Gasteiger partial charge in [-0.2, -0.15) is 5.10 Å². The third-order valence-corrected chi connectivity index (χ3v) is 6.23. The molecule has 0 bridgehead atoms. The first-order valence-corrected chi connectivity index (χ1v) is 10.7. The maximum Gasteiger partial charge on any atom is 0.280 e. The van der Waals surface area contributed by atoms with E-state index in [-0.39, 0.29) is 5.91 Å². The average Bonchev–Trinajstić information content (AvgIpc) is 3.32. The molecular weight excluding hydrogens is 370 g/mol. The number of thiazole rings is 1. The van der Waals surface area contributed by atoms with Crippen LogP contribution in [0.3, 0.4) is 0 Å². The van der Waals surface area contributed by atoms with Crippen LogP contribution < -0.4 is 4.90 Å². The molecular formula is C21H29N5OS. The molecule has 0 N–H and O–H groups in total. The fourth-order valence-corrected chi connectivity index (χ4v) is 4.38. The van der Waals surface area contributed by atoms with E-state index in [1.807, 2.05) is 13.1 Å². The zero-order valence-corrected chi connectivity index (χ0v) is 18.2. The van der Waals surface area contributed by atoms with Gasteiger partial charge in [-0.05, 0) is 57.1 Å². The van der Waals surface area contributed by atoms with Crippen molar-refractivity contribution in [1.82, 2.24) is 19.7 Å². The minimum atomic E-state index is -0.0900. The van der Waals surface area contributed by atoms with Crippen LogP contribution in [0.4, 0.5) is 5.13 Å². The normalized spacial score (nSPS) is 11.5. The molecule has 28 heavy (non-hydrogen) atoms. The molecule has 0 aliphatic carbocycles. The molecule has 0 spiro atoms. The summed E-state index contributed by atoms with van der Waals surface area (Å²) in [6.45, 7) is 14.5. The number of amides is 1. The minimum absolute atomic E-state index is 0.0900. The first-order valence-electron chi connectivity index (χ1n) is 9.92. The van der Waals surface area contributed by atoms with Crippen molar-refractivity contribution in [3.63, 3.8) is 0 Å². The van der Waals surface area contributed by atoms with Gasteiger partial charge in [-0.25, -0.2) is 4.98 Å². The molecule has 7 heteroatoms. The van der Waals surface area contributed by atoms with E-state index in [0.717, 1.165) is 41.5 Å². The molecule has 0 saturated carbocycles. The molecule has 0 aliphatic rings. The molecule has 3 rings (SSSR count). The molecule has 2 heterocycles. The summed E-state index contributed by atoms with van der Waals surface area (Å²) in [6.07, 6.45) is 1.85. The number of aromatic nitrogens is 3. The van der Waals surface area contributed by atoms with Gasteiger partial charge in [0, 0.05) is 25.8 Å². The molecule has 0 fully saturated rings. The Bertz CT molecular complexity index is 957. The van der Waals surface area contributed by atoms with Crippen LogP contribution in [0.15, 0.2) is 24.4 Å². The van der Waals surface area contributed by atoms with Crippen LogP contribution in [0.25, 0.3) is 10.2 Å². The van der Waals surface area contributed by atoms with Gasteiger partial charge in [0.1, 0.15) is 0 Å². The fourth-order valence-electron chi connectivity index (χ4n) is 3.34. The lowest BCUT2D eigenvalue weighted by molar-refractivity contribution is 0.0978. The van der Waals surface area contributed by atoms with Gasteiger partial charge in [0.2, 0.25) is 0 Å². The monoisotopic (exact) mass is 399 g/mol. The van der Waals surface area contributed by atoms with Gasteiger partial charge in [0.25, 0.3) is 5.91 Å². The van der Waals surface area contributed by atoms with Crippen molar-refractivity contribution in [3.8, 4) is 0 Å². The molecule has 1 amide bonds. The van der Waals surface area contributed by atoms with E-state index in [4.69, 9.17) is 4.98 Å². The highest BCUT2D eigenvalue weighted by Crippen LogP contribution is 2.32. The number of carbonyl (C=O) groups is 1. The predicted octanol–water partition coefficient (Wildman–Crippen LogP) is 4.12. The largest absolute Gasteiger partial charge is 0.302 e. The highest BCUT2D eigenvalue weighted by molar-refractivity contribution is 7.22. The Balaban J connectivity index is 1.97. The van der Waals surface area contributed by atoms with Gasteiger partial charge in [-0.15, -0.1) is 0 Å². The Morgan fingerprint density at radius 1 is 1.14 bits per heavy atom. The highest BCUT2D eigenvalue weighted by atomic mass is 32.1. The van der Waals surface area contributed by atoms with Gasteiger partial charge in [0.05, 0.1) is 10.2 Å². The highest BCUT2D eigenvalue weighted by Gasteiger charge is 2.24. The van der Waals surface area contributed by atoms with Crippen molar-refractivity contribution in [2.45, 2.75) is 41.2 Å². The number of hydrogen-bond acceptors (Lipinski definition) is 5. The average molecular weight is 400 g/mol. The summed E-state index contributed by atoms with van der Waals surface area (Å²) in [5.74, 6) is -0.0900. The van der Waals surface area contributed by atoms with Crippen LogP contribution in [-0.2, 0) is 6.54 Å². The number of rotatable bonds is 8. The van der Waals surface area contributed by atoms with E-state index in [1.165, 1.54) is 11.1 Å². The van der Waals surface area contributed by atoms with Crippen molar-refractivity contribution in [2.75, 3.05) is 31.1 Å². The third-order valence-electron chi connectivity index (χ3n) is 5.00. The maximum atomic E-state index is 13.3. The molecule has 3 aromatic rings. The third kappa shape index (κ3) is 4.25. The van der Waals surface area contributed by atoms with Crippen molar-refractivity contribution in [2.24, 2.45) is 0 Å². The van der Waals surface area contributed by atoms with Crippen LogP contribution in [0, 0.1) is 13.8 Å². The molecule has 0 unspecified atom stereocenters. The second kappa shape index (κ2) is 8.84. The number of nitrogens with zero attached hydrogens (tertiary/aromatic N) is 5. The van der Waals surface area contributed by atoms with E-state index in [0.29, 0.717) is 12.2 Å². The number of benzene rings is 1. The summed E-state index contributed by atoms with van der Waals surface area (Å²) in [4.78, 5) is 22.2. The number of hydrogen-bond donors (Lipinski definition) is 0. The Labute approximate surface area is 170 Å². The van der Waals surface area contributed by atoms with E-state index in [1.54, 1.807) is 27.0 Å². The Morgan fingerprint density at radius 3 is 2.54 bits per heavy atom. The van der Waals surface area contributed by atoms with Gasteiger partial charge < -0.3 is 4.90 Å². The van der Waals surface area contributed by atoms with Gasteiger partial charge in [-0.1, -0.05) is 31.3 Å². The summed E-state index contributed by atoms with van der Waals surface area (Å²) in [5, 5.41) is 5.16. The lowest BCUT2D eigenvalue weighted by atomic mass is 10.1. The predicted molar refractivity (Wildman–Crippen MR) is 116 cm³/mol. The molecule has 1 aromatic carbocycles. The SMILES string of the molecule is CCN(CC)CCN(C(=O)c1ccn(CC)n1)c1nc2cc(C)cc(C)c2s1. The Morgan fingerprint density at radius 2 is 1.89 bits per heavy atom. The zero-order chi connectivity index (χ0) is 20.3. The maximum absolute atomic E-state index is 13.3. The first kappa shape index (κ1) is 20.5. The summed E-state index contributed by atoms with van der Waals surface area (Å²) in [6, 6.07) is 6.04. The van der Waals surface area contributed by atoms with E-state index in [9.17, 15) is 4.79 Å². The molecule has 150 valence electrons. The molecule has 0 aliphatic heterocycles. The molecule has 0 atom stereocenters. The summed E-state index contributed by atoms with van der Waals surface area (Å²) < 4.78 is 2.92. The van der Waals surface area contributed by atoms with Crippen LogP contribution in [0.5, 0.6) is 0 Å². The van der Waals surface area contributed by atoms with Crippen LogP contribution >= 0.6 is 11.3 Å². The van der Waals surface area contributed by atoms with E-state index >= 15 is 0 Å². The zero-order valence-electron chi connectivity index (χ0n) is 17.4. The standard InChI is InChI=1S/C21H29N5OS/c1-6-24(7-2)11-12-26(20(27)17-9-10-25(8-3)23-17)21-22-18-14-15(4)13-16(5)19(18)28-21/h9-10,13-14H,6-8,11-12H2,1-5H3. The fraction of sp³-hybridized carbons (Fsp3) is 0.476. The van der Waals surface area contributed by atoms with Crippen LogP contribution in [0.2, 0.25) is 0 Å². The minimum Gasteiger partial charge on any atom is -0.302 e. The van der Waals surface area contributed by atoms with Gasteiger partial charge in [-0.3, -0.25) is 14.4 Å². The lowest BCUT2D eigenvalue weighted by Gasteiger charge is -2.24. The van der Waals surface area contributed by atoms with Crippen LogP contribution in [0.1, 0.15) is 42.4 Å². The second-order valence-corrected chi connectivity index (χ2v) is 7.94. The van der Waals surface area contributed by atoms with Crippen LogP contribution in [-0.4, -0.2) is 51.8 Å². The van der Waals surface area contributed by atoms with Crippen molar-refractivity contribution < 1.29 is 4.79 Å². The van der Waals surface area contributed by atoms with Crippen molar-refractivity contribution in [1.29, 1.82) is 0 Å². The Kier molecular flexibility index (Phi) is 6.46.